The Balaban J connectivity index is 2.15. The topological polar surface area (TPSA) is 56.7 Å². The van der Waals surface area contributed by atoms with Gasteiger partial charge in [-0.05, 0) is 33.0 Å². The van der Waals surface area contributed by atoms with Crippen LogP contribution in [0.3, 0.4) is 0 Å². The summed E-state index contributed by atoms with van der Waals surface area (Å²) in [4.78, 5) is 19.5. The van der Waals surface area contributed by atoms with Gasteiger partial charge in [-0.15, -0.1) is 0 Å². The van der Waals surface area contributed by atoms with Crippen LogP contribution in [0.15, 0.2) is 18.3 Å². The van der Waals surface area contributed by atoms with Gasteiger partial charge in [0.15, 0.2) is 0 Å². The summed E-state index contributed by atoms with van der Waals surface area (Å²) >= 11 is 0. The van der Waals surface area contributed by atoms with Gasteiger partial charge in [-0.1, -0.05) is 0 Å². The van der Waals surface area contributed by atoms with Crippen LogP contribution >= 0.6 is 0 Å². The van der Waals surface area contributed by atoms with Crippen LogP contribution < -0.4 is 4.90 Å². The second kappa shape index (κ2) is 4.57. The molecule has 1 aromatic rings. The van der Waals surface area contributed by atoms with Gasteiger partial charge in [-0.2, -0.15) is 0 Å². The van der Waals surface area contributed by atoms with Crippen LogP contribution in [0.25, 0.3) is 0 Å². The summed E-state index contributed by atoms with van der Waals surface area (Å²) in [5.74, 6) is -0.0890. The van der Waals surface area contributed by atoms with Gasteiger partial charge in [0.1, 0.15) is 5.82 Å². The zero-order valence-electron chi connectivity index (χ0n) is 11.1. The van der Waals surface area contributed by atoms with E-state index in [0.717, 1.165) is 25.5 Å². The Morgan fingerprint density at radius 3 is 2.61 bits per heavy atom. The normalized spacial score (nSPS) is 19.8. The predicted octanol–water partition coefficient (Wildman–Crippen LogP) is 1.31. The van der Waals surface area contributed by atoms with Crippen LogP contribution in [0.2, 0.25) is 0 Å². The number of rotatable bonds is 2. The molecule has 2 heterocycles. The molecule has 1 N–H and O–H groups in total. The minimum Gasteiger partial charge on any atom is -0.478 e. The van der Waals surface area contributed by atoms with Crippen LogP contribution in [-0.2, 0) is 0 Å². The fourth-order valence-electron chi connectivity index (χ4n) is 2.14. The summed E-state index contributed by atoms with van der Waals surface area (Å²) in [6.07, 6.45) is 1.42. The number of anilines is 1. The van der Waals surface area contributed by atoms with E-state index in [4.69, 9.17) is 5.11 Å². The van der Waals surface area contributed by atoms with Crippen molar-refractivity contribution in [2.45, 2.75) is 19.4 Å². The van der Waals surface area contributed by atoms with Crippen molar-refractivity contribution in [3.05, 3.63) is 23.9 Å². The molecule has 0 bridgehead atoms. The largest absolute Gasteiger partial charge is 0.478 e. The molecule has 0 spiro atoms. The quantitative estimate of drug-likeness (QED) is 0.856. The molecule has 0 unspecified atom stereocenters. The number of pyridine rings is 1. The van der Waals surface area contributed by atoms with Crippen molar-refractivity contribution in [2.24, 2.45) is 0 Å². The monoisotopic (exact) mass is 249 g/mol. The van der Waals surface area contributed by atoms with E-state index in [1.165, 1.54) is 6.20 Å². The lowest BCUT2D eigenvalue weighted by molar-refractivity contribution is 0.0696. The molecule has 0 radical (unpaired) electrons. The SMILES string of the molecule is CN1CCN(c2ccc(C(=O)O)cn2)CC1(C)C. The van der Waals surface area contributed by atoms with Gasteiger partial charge in [0.05, 0.1) is 5.56 Å². The van der Waals surface area contributed by atoms with Crippen LogP contribution in [0.5, 0.6) is 0 Å². The van der Waals surface area contributed by atoms with Crippen molar-refractivity contribution in [1.29, 1.82) is 0 Å². The third kappa shape index (κ3) is 2.46. The van der Waals surface area contributed by atoms with E-state index in [2.05, 4.69) is 35.7 Å². The first kappa shape index (κ1) is 12.8. The molecule has 1 fully saturated rings. The maximum Gasteiger partial charge on any atom is 0.337 e. The van der Waals surface area contributed by atoms with Gasteiger partial charge >= 0.3 is 5.97 Å². The van der Waals surface area contributed by atoms with Crippen molar-refractivity contribution in [3.8, 4) is 0 Å². The molecule has 1 aliphatic heterocycles. The lowest BCUT2D eigenvalue weighted by atomic mass is 10.00. The van der Waals surface area contributed by atoms with Gasteiger partial charge < -0.3 is 10.0 Å². The van der Waals surface area contributed by atoms with Crippen LogP contribution in [0, 0.1) is 0 Å². The first-order valence-corrected chi connectivity index (χ1v) is 6.06. The standard InChI is InChI=1S/C13H19N3O2/c1-13(2)9-16(7-6-15(13)3)11-5-4-10(8-14-11)12(17)18/h4-5,8H,6-7,9H2,1-3H3,(H,17,18). The number of carboxylic acid groups (broad SMARTS) is 1. The molecule has 2 rings (SSSR count). The summed E-state index contributed by atoms with van der Waals surface area (Å²) in [5.41, 5.74) is 0.331. The second-order valence-electron chi connectivity index (χ2n) is 5.37. The fourth-order valence-corrected chi connectivity index (χ4v) is 2.14. The Hall–Kier alpha value is -1.62. The number of carbonyl (C=O) groups is 1. The Morgan fingerprint density at radius 2 is 2.11 bits per heavy atom. The van der Waals surface area contributed by atoms with E-state index >= 15 is 0 Å². The number of hydrogen-bond donors (Lipinski definition) is 1. The minimum atomic E-state index is -0.937. The first-order valence-electron chi connectivity index (χ1n) is 6.06. The summed E-state index contributed by atoms with van der Waals surface area (Å²) in [6, 6.07) is 3.39. The zero-order valence-corrected chi connectivity index (χ0v) is 11.1. The highest BCUT2D eigenvalue weighted by atomic mass is 16.4. The molecule has 0 aliphatic carbocycles. The highest BCUT2D eigenvalue weighted by molar-refractivity contribution is 5.87. The lowest BCUT2D eigenvalue weighted by Crippen LogP contribution is -2.57. The maximum atomic E-state index is 10.8. The molecule has 98 valence electrons. The third-order valence-electron chi connectivity index (χ3n) is 3.64. The molecule has 0 atom stereocenters. The zero-order chi connectivity index (χ0) is 13.3. The van der Waals surface area contributed by atoms with Crippen molar-refractivity contribution < 1.29 is 9.90 Å². The van der Waals surface area contributed by atoms with Gasteiger partial charge in [0.25, 0.3) is 0 Å². The maximum absolute atomic E-state index is 10.8. The average molecular weight is 249 g/mol. The summed E-state index contributed by atoms with van der Waals surface area (Å²) in [7, 11) is 2.12. The lowest BCUT2D eigenvalue weighted by Gasteiger charge is -2.45. The molecular weight excluding hydrogens is 230 g/mol. The Kier molecular flexibility index (Phi) is 3.26. The van der Waals surface area contributed by atoms with Gasteiger partial charge in [0, 0.05) is 31.4 Å². The van der Waals surface area contributed by atoms with Crippen LogP contribution in [-0.4, -0.2) is 53.2 Å². The average Bonchev–Trinajstić information content (AvgIpc) is 2.33. The number of nitrogens with zero attached hydrogens (tertiary/aromatic N) is 3. The smallest absolute Gasteiger partial charge is 0.337 e. The van der Waals surface area contributed by atoms with Crippen molar-refractivity contribution in [1.82, 2.24) is 9.88 Å². The molecule has 1 aliphatic rings. The van der Waals surface area contributed by atoms with Crippen LogP contribution in [0.1, 0.15) is 24.2 Å². The van der Waals surface area contributed by atoms with E-state index in [1.54, 1.807) is 12.1 Å². The van der Waals surface area contributed by atoms with E-state index in [-0.39, 0.29) is 11.1 Å². The molecule has 1 saturated heterocycles. The highest BCUT2D eigenvalue weighted by Gasteiger charge is 2.31. The number of piperazine rings is 1. The van der Waals surface area contributed by atoms with E-state index in [0.29, 0.717) is 0 Å². The van der Waals surface area contributed by atoms with Crippen molar-refractivity contribution in [3.63, 3.8) is 0 Å². The predicted molar refractivity (Wildman–Crippen MR) is 70.1 cm³/mol. The summed E-state index contributed by atoms with van der Waals surface area (Å²) in [5, 5.41) is 8.84. The molecule has 0 aromatic carbocycles. The molecule has 0 saturated carbocycles. The highest BCUT2D eigenvalue weighted by Crippen LogP contribution is 2.22. The second-order valence-corrected chi connectivity index (χ2v) is 5.37. The van der Waals surface area contributed by atoms with Crippen molar-refractivity contribution >= 4 is 11.8 Å². The Labute approximate surface area is 107 Å². The third-order valence-corrected chi connectivity index (χ3v) is 3.64. The molecule has 18 heavy (non-hydrogen) atoms. The molecule has 5 nitrogen and oxygen atoms in total. The first-order chi connectivity index (χ1) is 8.40. The van der Waals surface area contributed by atoms with E-state index in [1.807, 2.05) is 0 Å². The van der Waals surface area contributed by atoms with Gasteiger partial charge in [-0.25, -0.2) is 9.78 Å². The Bertz CT molecular complexity index is 442. The van der Waals surface area contributed by atoms with Gasteiger partial charge in [-0.3, -0.25) is 4.90 Å². The number of aromatic carboxylic acids is 1. The van der Waals surface area contributed by atoms with Gasteiger partial charge in [0.2, 0.25) is 0 Å². The minimum absolute atomic E-state index is 0.103. The summed E-state index contributed by atoms with van der Waals surface area (Å²) < 4.78 is 0. The molecule has 5 heteroatoms. The number of aromatic nitrogens is 1. The molecular formula is C13H19N3O2. The van der Waals surface area contributed by atoms with Crippen LogP contribution in [0.4, 0.5) is 5.82 Å². The number of likely N-dealkylation sites (N-methyl/N-ethyl adjacent to an activating group) is 1. The Morgan fingerprint density at radius 1 is 1.39 bits per heavy atom. The molecule has 0 amide bonds. The number of hydrogen-bond acceptors (Lipinski definition) is 4. The molecule has 1 aromatic heterocycles. The van der Waals surface area contributed by atoms with Crippen molar-refractivity contribution in [2.75, 3.05) is 31.6 Å². The van der Waals surface area contributed by atoms with E-state index in [9.17, 15) is 4.79 Å². The van der Waals surface area contributed by atoms with E-state index < -0.39 is 5.97 Å². The fraction of sp³-hybridized carbons (Fsp3) is 0.538. The number of carboxylic acids is 1. The summed E-state index contributed by atoms with van der Waals surface area (Å²) in [6.45, 7) is 7.19.